The van der Waals surface area contributed by atoms with E-state index in [1.165, 1.54) is 0 Å². The number of rotatable bonds is 2. The van der Waals surface area contributed by atoms with Crippen LogP contribution in [0.4, 0.5) is 14.6 Å². The van der Waals surface area contributed by atoms with Gasteiger partial charge < -0.3 is 5.32 Å². The summed E-state index contributed by atoms with van der Waals surface area (Å²) in [6, 6.07) is 2.58. The zero-order valence-corrected chi connectivity index (χ0v) is 11.8. The van der Waals surface area contributed by atoms with E-state index in [1.54, 1.807) is 18.3 Å². The average Bonchev–Trinajstić information content (AvgIpc) is 2.62. The number of pyridine rings is 1. The molecule has 8 heteroatoms. The molecule has 1 atom stereocenters. The molecule has 0 spiro atoms. The van der Waals surface area contributed by atoms with Gasteiger partial charge in [-0.15, -0.1) is 24.8 Å². The van der Waals surface area contributed by atoms with Crippen molar-refractivity contribution < 1.29 is 13.6 Å². The molecule has 1 amide bonds. The van der Waals surface area contributed by atoms with Crippen LogP contribution in [0.3, 0.4) is 0 Å². The maximum Gasteiger partial charge on any atom is 0.262 e. The summed E-state index contributed by atoms with van der Waals surface area (Å²) in [5.41, 5.74) is 0.966. The minimum Gasteiger partial charge on any atom is -0.309 e. The van der Waals surface area contributed by atoms with E-state index in [1.807, 2.05) is 6.92 Å². The number of anilines is 1. The Morgan fingerprint density at radius 3 is 2.63 bits per heavy atom. The van der Waals surface area contributed by atoms with Gasteiger partial charge in [0.2, 0.25) is 5.91 Å². The molecule has 1 aromatic heterocycles. The smallest absolute Gasteiger partial charge is 0.262 e. The first kappa shape index (κ1) is 18.0. The van der Waals surface area contributed by atoms with E-state index in [9.17, 15) is 13.6 Å². The van der Waals surface area contributed by atoms with E-state index in [4.69, 9.17) is 0 Å². The zero-order valence-electron chi connectivity index (χ0n) is 10.2. The number of hydrogen-bond acceptors (Lipinski definition) is 3. The Labute approximate surface area is 122 Å². The van der Waals surface area contributed by atoms with E-state index >= 15 is 0 Å². The number of carbonyl (C=O) groups excluding carboxylic acids is 1. The molecule has 2 heterocycles. The van der Waals surface area contributed by atoms with Crippen molar-refractivity contribution in [1.29, 1.82) is 0 Å². The predicted octanol–water partition coefficient (Wildman–Crippen LogP) is 2.17. The Bertz CT molecular complexity index is 428. The molecule has 0 aliphatic carbocycles. The van der Waals surface area contributed by atoms with Gasteiger partial charge in [0, 0.05) is 12.6 Å². The maximum absolute atomic E-state index is 12.9. The molecule has 2 N–H and O–H groups in total. The van der Waals surface area contributed by atoms with Gasteiger partial charge in [-0.3, -0.25) is 10.1 Å². The van der Waals surface area contributed by atoms with Crippen molar-refractivity contribution in [3.8, 4) is 0 Å². The van der Waals surface area contributed by atoms with Gasteiger partial charge >= 0.3 is 0 Å². The highest BCUT2D eigenvalue weighted by molar-refractivity contribution is 5.94. The fourth-order valence-corrected chi connectivity index (χ4v) is 1.66. The molecule has 0 saturated carbocycles. The lowest BCUT2D eigenvalue weighted by Crippen LogP contribution is -2.35. The Morgan fingerprint density at radius 2 is 2.16 bits per heavy atom. The molecule has 2 rings (SSSR count). The summed E-state index contributed by atoms with van der Waals surface area (Å²) in [6.45, 7) is 1.42. The van der Waals surface area contributed by atoms with Crippen LogP contribution >= 0.6 is 24.8 Å². The van der Waals surface area contributed by atoms with Crippen LogP contribution in [0.1, 0.15) is 12.0 Å². The molecule has 1 saturated heterocycles. The van der Waals surface area contributed by atoms with Crippen molar-refractivity contribution >= 4 is 36.5 Å². The van der Waals surface area contributed by atoms with E-state index in [0.29, 0.717) is 5.82 Å². The fraction of sp³-hybridized carbons (Fsp3) is 0.455. The highest BCUT2D eigenvalue weighted by Gasteiger charge is 2.42. The third kappa shape index (κ3) is 4.89. The quantitative estimate of drug-likeness (QED) is 0.880. The number of nitrogens with zero attached hydrogens (tertiary/aromatic N) is 1. The Kier molecular flexibility index (Phi) is 6.62. The largest absolute Gasteiger partial charge is 0.309 e. The number of amides is 1. The normalized spacial score (nSPS) is 20.1. The minimum atomic E-state index is -2.80. The van der Waals surface area contributed by atoms with Crippen LogP contribution in [-0.2, 0) is 4.79 Å². The predicted molar refractivity (Wildman–Crippen MR) is 73.5 cm³/mol. The Balaban J connectivity index is 0.00000162. The van der Waals surface area contributed by atoms with Crippen LogP contribution in [0.25, 0.3) is 0 Å². The van der Waals surface area contributed by atoms with Gasteiger partial charge in [0.15, 0.2) is 0 Å². The second-order valence-electron chi connectivity index (χ2n) is 4.20. The van der Waals surface area contributed by atoms with E-state index in [2.05, 4.69) is 15.6 Å². The number of alkyl halides is 2. The molecular weight excluding hydrogens is 299 g/mol. The maximum atomic E-state index is 12.9. The topological polar surface area (TPSA) is 54.0 Å². The molecule has 4 nitrogen and oxygen atoms in total. The van der Waals surface area contributed by atoms with Crippen LogP contribution in [0.15, 0.2) is 18.3 Å². The molecule has 1 aliphatic rings. The molecule has 0 radical (unpaired) electrons. The molecule has 1 fully saturated rings. The zero-order chi connectivity index (χ0) is 12.5. The highest BCUT2D eigenvalue weighted by atomic mass is 35.5. The Morgan fingerprint density at radius 1 is 1.47 bits per heavy atom. The third-order valence-electron chi connectivity index (χ3n) is 2.59. The summed E-state index contributed by atoms with van der Waals surface area (Å²) in [6.07, 6.45) is 1.14. The number of nitrogens with one attached hydrogen (secondary N) is 2. The SMILES string of the molecule is Cc1ccc(NC(=O)C2CC(F)(F)CN2)nc1.Cl.Cl. The summed E-state index contributed by atoms with van der Waals surface area (Å²) in [5, 5.41) is 4.99. The molecule has 1 aliphatic heterocycles. The lowest BCUT2D eigenvalue weighted by Gasteiger charge is -2.10. The van der Waals surface area contributed by atoms with Crippen LogP contribution in [-0.4, -0.2) is 29.4 Å². The molecule has 108 valence electrons. The first-order valence-electron chi connectivity index (χ1n) is 5.31. The first-order chi connectivity index (χ1) is 7.96. The number of halogens is 4. The number of aromatic nitrogens is 1. The summed E-state index contributed by atoms with van der Waals surface area (Å²) in [4.78, 5) is 15.6. The monoisotopic (exact) mass is 313 g/mol. The lowest BCUT2D eigenvalue weighted by molar-refractivity contribution is -0.118. The number of aryl methyl sites for hydroxylation is 1. The second kappa shape index (κ2) is 6.98. The summed E-state index contributed by atoms with van der Waals surface area (Å²) < 4.78 is 25.8. The molecule has 0 aromatic carbocycles. The highest BCUT2D eigenvalue weighted by Crippen LogP contribution is 2.25. The van der Waals surface area contributed by atoms with Crippen molar-refractivity contribution in [1.82, 2.24) is 10.3 Å². The number of carbonyl (C=O) groups is 1. The van der Waals surface area contributed by atoms with E-state index in [-0.39, 0.29) is 24.8 Å². The fourth-order valence-electron chi connectivity index (χ4n) is 1.66. The standard InChI is InChI=1S/C11H13F2N3O.2ClH/c1-7-2-3-9(14-5-7)16-10(17)8-4-11(12,13)6-15-8;;/h2-3,5,8,15H,4,6H2,1H3,(H,14,16,17);2*1H. The third-order valence-corrected chi connectivity index (χ3v) is 2.59. The van der Waals surface area contributed by atoms with Crippen molar-refractivity contribution in [3.63, 3.8) is 0 Å². The van der Waals surface area contributed by atoms with E-state index in [0.717, 1.165) is 5.56 Å². The summed E-state index contributed by atoms with van der Waals surface area (Å²) >= 11 is 0. The molecule has 1 aromatic rings. The van der Waals surface area contributed by atoms with Crippen molar-refractivity contribution in [2.24, 2.45) is 0 Å². The van der Waals surface area contributed by atoms with Gasteiger partial charge in [0.25, 0.3) is 5.92 Å². The summed E-state index contributed by atoms with van der Waals surface area (Å²) in [7, 11) is 0. The molecular formula is C11H15Cl2F2N3O. The minimum absolute atomic E-state index is 0. The van der Waals surface area contributed by atoms with E-state index < -0.39 is 30.8 Å². The lowest BCUT2D eigenvalue weighted by atomic mass is 10.2. The molecule has 1 unspecified atom stereocenters. The van der Waals surface area contributed by atoms with Crippen LogP contribution < -0.4 is 10.6 Å². The van der Waals surface area contributed by atoms with Gasteiger partial charge in [0.1, 0.15) is 5.82 Å². The average molecular weight is 314 g/mol. The van der Waals surface area contributed by atoms with Crippen LogP contribution in [0.5, 0.6) is 0 Å². The Hall–Kier alpha value is -0.980. The molecule has 0 bridgehead atoms. The molecule has 19 heavy (non-hydrogen) atoms. The van der Waals surface area contributed by atoms with Gasteiger partial charge in [-0.2, -0.15) is 0 Å². The number of hydrogen-bond donors (Lipinski definition) is 2. The first-order valence-corrected chi connectivity index (χ1v) is 5.31. The van der Waals surface area contributed by atoms with Gasteiger partial charge in [-0.25, -0.2) is 13.8 Å². The van der Waals surface area contributed by atoms with Crippen molar-refractivity contribution in [3.05, 3.63) is 23.9 Å². The van der Waals surface area contributed by atoms with Gasteiger partial charge in [0.05, 0.1) is 12.6 Å². The van der Waals surface area contributed by atoms with Crippen molar-refractivity contribution in [2.75, 3.05) is 11.9 Å². The van der Waals surface area contributed by atoms with Gasteiger partial charge in [-0.1, -0.05) is 6.07 Å². The second-order valence-corrected chi connectivity index (χ2v) is 4.20. The van der Waals surface area contributed by atoms with Crippen molar-refractivity contribution in [2.45, 2.75) is 25.3 Å². The summed E-state index contributed by atoms with van der Waals surface area (Å²) in [5.74, 6) is -2.90. The van der Waals surface area contributed by atoms with Gasteiger partial charge in [-0.05, 0) is 18.6 Å². The van der Waals surface area contributed by atoms with Crippen LogP contribution in [0, 0.1) is 6.92 Å². The van der Waals surface area contributed by atoms with Crippen LogP contribution in [0.2, 0.25) is 0 Å².